The summed E-state index contributed by atoms with van der Waals surface area (Å²) in [5.41, 5.74) is 0.893. The van der Waals surface area contributed by atoms with Gasteiger partial charge in [-0.25, -0.2) is 12.7 Å². The van der Waals surface area contributed by atoms with Crippen molar-refractivity contribution in [3.8, 4) is 0 Å². The standard InChI is InChI=1S/C12H19ClN2O2S/c1-10(8-13)9-14-11-4-6-12(7-5-11)18(16,17)15(2)3/h4-7,10,14H,8-9H2,1-3H3. The Morgan fingerprint density at radius 1 is 1.28 bits per heavy atom. The normalized spacial score (nSPS) is 13.6. The van der Waals surface area contributed by atoms with Crippen LogP contribution >= 0.6 is 11.6 Å². The lowest BCUT2D eigenvalue weighted by atomic mass is 10.2. The fourth-order valence-corrected chi connectivity index (χ4v) is 2.31. The number of anilines is 1. The molecule has 0 heterocycles. The summed E-state index contributed by atoms with van der Waals surface area (Å²) in [6.45, 7) is 2.81. The van der Waals surface area contributed by atoms with Crippen LogP contribution in [0, 0.1) is 5.92 Å². The minimum absolute atomic E-state index is 0.295. The highest BCUT2D eigenvalue weighted by atomic mass is 35.5. The summed E-state index contributed by atoms with van der Waals surface area (Å²) in [7, 11) is -0.310. The molecule has 0 aromatic heterocycles. The minimum Gasteiger partial charge on any atom is -0.385 e. The summed E-state index contributed by atoms with van der Waals surface area (Å²) in [5, 5.41) is 3.21. The summed E-state index contributed by atoms with van der Waals surface area (Å²) < 4.78 is 24.9. The van der Waals surface area contributed by atoms with Crippen LogP contribution in [0.4, 0.5) is 5.69 Å². The molecule has 0 radical (unpaired) electrons. The number of rotatable bonds is 6. The molecule has 1 aromatic rings. The Kier molecular flexibility index (Phi) is 5.44. The summed E-state index contributed by atoms with van der Waals surface area (Å²) in [6.07, 6.45) is 0. The maximum absolute atomic E-state index is 11.8. The van der Waals surface area contributed by atoms with Gasteiger partial charge in [-0.1, -0.05) is 6.92 Å². The average molecular weight is 291 g/mol. The van der Waals surface area contributed by atoms with Crippen molar-refractivity contribution in [1.82, 2.24) is 4.31 Å². The van der Waals surface area contributed by atoms with E-state index in [0.29, 0.717) is 16.7 Å². The molecule has 0 fully saturated rings. The Bertz CT molecular complexity index is 471. The Morgan fingerprint density at radius 3 is 2.28 bits per heavy atom. The lowest BCUT2D eigenvalue weighted by molar-refractivity contribution is 0.521. The van der Waals surface area contributed by atoms with E-state index in [1.54, 1.807) is 24.3 Å². The summed E-state index contributed by atoms with van der Waals surface area (Å²) >= 11 is 5.71. The van der Waals surface area contributed by atoms with Crippen LogP contribution in [-0.2, 0) is 10.0 Å². The van der Waals surface area contributed by atoms with Crippen molar-refractivity contribution in [2.24, 2.45) is 5.92 Å². The SMILES string of the molecule is CC(CCl)CNc1ccc(S(=O)(=O)N(C)C)cc1. The smallest absolute Gasteiger partial charge is 0.242 e. The van der Waals surface area contributed by atoms with Crippen molar-refractivity contribution in [1.29, 1.82) is 0 Å². The largest absolute Gasteiger partial charge is 0.385 e. The molecule has 0 spiro atoms. The van der Waals surface area contributed by atoms with Crippen LogP contribution in [0.1, 0.15) is 6.92 Å². The van der Waals surface area contributed by atoms with Gasteiger partial charge in [0.2, 0.25) is 10.0 Å². The fourth-order valence-electron chi connectivity index (χ4n) is 1.30. The average Bonchev–Trinajstić information content (AvgIpc) is 2.36. The number of hydrogen-bond acceptors (Lipinski definition) is 3. The van der Waals surface area contributed by atoms with Gasteiger partial charge in [-0.3, -0.25) is 0 Å². The molecular weight excluding hydrogens is 272 g/mol. The molecule has 0 amide bonds. The Morgan fingerprint density at radius 2 is 1.83 bits per heavy atom. The topological polar surface area (TPSA) is 49.4 Å². The second kappa shape index (κ2) is 6.41. The van der Waals surface area contributed by atoms with Gasteiger partial charge < -0.3 is 5.32 Å². The van der Waals surface area contributed by atoms with Gasteiger partial charge in [-0.05, 0) is 30.2 Å². The van der Waals surface area contributed by atoms with Gasteiger partial charge in [0.1, 0.15) is 0 Å². The van der Waals surface area contributed by atoms with Crippen molar-refractivity contribution in [3.05, 3.63) is 24.3 Å². The first-order chi connectivity index (χ1) is 8.37. The Balaban J connectivity index is 2.75. The molecule has 0 saturated heterocycles. The van der Waals surface area contributed by atoms with E-state index >= 15 is 0 Å². The molecule has 1 N–H and O–H groups in total. The molecule has 0 aliphatic heterocycles. The molecule has 102 valence electrons. The van der Waals surface area contributed by atoms with Gasteiger partial charge in [-0.15, -0.1) is 11.6 Å². The molecule has 4 nitrogen and oxygen atoms in total. The summed E-state index contributed by atoms with van der Waals surface area (Å²) in [4.78, 5) is 0.295. The number of halogens is 1. The van der Waals surface area contributed by atoms with Crippen molar-refractivity contribution in [2.45, 2.75) is 11.8 Å². The second-order valence-electron chi connectivity index (χ2n) is 4.45. The highest BCUT2D eigenvalue weighted by Gasteiger charge is 2.16. The van der Waals surface area contributed by atoms with Gasteiger partial charge in [-0.2, -0.15) is 0 Å². The number of benzene rings is 1. The van der Waals surface area contributed by atoms with Crippen molar-refractivity contribution >= 4 is 27.3 Å². The molecule has 0 bridgehead atoms. The highest BCUT2D eigenvalue weighted by Crippen LogP contribution is 2.16. The van der Waals surface area contributed by atoms with E-state index in [1.807, 2.05) is 6.92 Å². The van der Waals surface area contributed by atoms with E-state index in [1.165, 1.54) is 18.4 Å². The third-order valence-corrected chi connectivity index (χ3v) is 4.91. The quantitative estimate of drug-likeness (QED) is 0.817. The van der Waals surface area contributed by atoms with E-state index < -0.39 is 10.0 Å². The van der Waals surface area contributed by atoms with E-state index in [4.69, 9.17) is 11.6 Å². The van der Waals surface area contributed by atoms with Crippen LogP contribution in [0.25, 0.3) is 0 Å². The summed E-state index contributed by atoms with van der Waals surface area (Å²) in [5.74, 6) is 0.969. The van der Waals surface area contributed by atoms with Crippen LogP contribution in [0.2, 0.25) is 0 Å². The van der Waals surface area contributed by atoms with E-state index in [0.717, 1.165) is 12.2 Å². The molecule has 1 rings (SSSR count). The maximum Gasteiger partial charge on any atom is 0.242 e. The number of nitrogens with zero attached hydrogens (tertiary/aromatic N) is 1. The van der Waals surface area contributed by atoms with E-state index in [-0.39, 0.29) is 0 Å². The van der Waals surface area contributed by atoms with E-state index in [9.17, 15) is 8.42 Å². The third-order valence-electron chi connectivity index (χ3n) is 2.55. The van der Waals surface area contributed by atoms with Gasteiger partial charge in [0, 0.05) is 32.2 Å². The predicted octanol–water partition coefficient (Wildman–Crippen LogP) is 2.22. The lowest BCUT2D eigenvalue weighted by Crippen LogP contribution is -2.22. The maximum atomic E-state index is 11.8. The molecular formula is C12H19ClN2O2S. The number of sulfonamides is 1. The molecule has 0 aliphatic rings. The van der Waals surface area contributed by atoms with Crippen LogP contribution in [-0.4, -0.2) is 39.2 Å². The zero-order chi connectivity index (χ0) is 13.8. The molecule has 0 aliphatic carbocycles. The minimum atomic E-state index is -3.35. The number of alkyl halides is 1. The van der Waals surface area contributed by atoms with Crippen molar-refractivity contribution in [3.63, 3.8) is 0 Å². The first-order valence-electron chi connectivity index (χ1n) is 5.70. The van der Waals surface area contributed by atoms with Crippen molar-refractivity contribution in [2.75, 3.05) is 31.8 Å². The van der Waals surface area contributed by atoms with Crippen LogP contribution in [0.15, 0.2) is 29.2 Å². The van der Waals surface area contributed by atoms with Gasteiger partial charge in [0.25, 0.3) is 0 Å². The summed E-state index contributed by atoms with van der Waals surface area (Å²) in [6, 6.07) is 6.72. The monoisotopic (exact) mass is 290 g/mol. The predicted molar refractivity (Wildman–Crippen MR) is 75.7 cm³/mol. The van der Waals surface area contributed by atoms with Gasteiger partial charge >= 0.3 is 0 Å². The number of hydrogen-bond donors (Lipinski definition) is 1. The van der Waals surface area contributed by atoms with Crippen LogP contribution in [0.5, 0.6) is 0 Å². The molecule has 1 unspecified atom stereocenters. The zero-order valence-corrected chi connectivity index (χ0v) is 12.4. The van der Waals surface area contributed by atoms with Crippen molar-refractivity contribution < 1.29 is 8.42 Å². The molecule has 1 aromatic carbocycles. The molecule has 0 saturated carbocycles. The highest BCUT2D eigenvalue weighted by molar-refractivity contribution is 7.89. The first-order valence-corrected chi connectivity index (χ1v) is 7.68. The Labute approximate surface area is 114 Å². The molecule has 6 heteroatoms. The lowest BCUT2D eigenvalue weighted by Gasteiger charge is -2.13. The molecule has 1 atom stereocenters. The van der Waals surface area contributed by atoms with Gasteiger partial charge in [0.05, 0.1) is 4.90 Å². The molecule has 18 heavy (non-hydrogen) atoms. The number of nitrogens with one attached hydrogen (secondary N) is 1. The zero-order valence-electron chi connectivity index (χ0n) is 10.9. The second-order valence-corrected chi connectivity index (χ2v) is 6.91. The van der Waals surface area contributed by atoms with Gasteiger partial charge in [0.15, 0.2) is 0 Å². The Hall–Kier alpha value is -0.780. The fraction of sp³-hybridized carbons (Fsp3) is 0.500. The van der Waals surface area contributed by atoms with Crippen LogP contribution in [0.3, 0.4) is 0 Å². The first kappa shape index (κ1) is 15.3. The van der Waals surface area contributed by atoms with E-state index in [2.05, 4.69) is 5.32 Å². The van der Waals surface area contributed by atoms with Crippen LogP contribution < -0.4 is 5.32 Å². The third kappa shape index (κ3) is 3.86.